The van der Waals surface area contributed by atoms with Crippen molar-refractivity contribution in [1.82, 2.24) is 10.2 Å². The van der Waals surface area contributed by atoms with Gasteiger partial charge in [0.1, 0.15) is 0 Å². The van der Waals surface area contributed by atoms with E-state index in [0.29, 0.717) is 25.3 Å². The van der Waals surface area contributed by atoms with Gasteiger partial charge in [-0.25, -0.2) is 0 Å². The highest BCUT2D eigenvalue weighted by Crippen LogP contribution is 2.13. The lowest BCUT2D eigenvalue weighted by atomic mass is 10.1. The van der Waals surface area contributed by atoms with Crippen molar-refractivity contribution in [2.75, 3.05) is 45.8 Å². The van der Waals surface area contributed by atoms with Crippen LogP contribution in [-0.4, -0.2) is 51.2 Å². The Morgan fingerprint density at radius 3 is 2.70 bits per heavy atom. The maximum absolute atomic E-state index is 12.0. The Labute approximate surface area is 120 Å². The molecular formula is C14H24N4O2. The molecule has 1 amide bonds. The topological polar surface area (TPSA) is 79.6 Å². The van der Waals surface area contributed by atoms with E-state index in [1.807, 2.05) is 27.1 Å². The number of nitrogens with zero attached hydrogens (tertiary/aromatic N) is 1. The van der Waals surface area contributed by atoms with Gasteiger partial charge in [0.25, 0.3) is 5.91 Å². The van der Waals surface area contributed by atoms with Crippen molar-refractivity contribution in [2.45, 2.75) is 6.92 Å². The van der Waals surface area contributed by atoms with E-state index in [2.05, 4.69) is 15.6 Å². The van der Waals surface area contributed by atoms with Gasteiger partial charge >= 0.3 is 0 Å². The summed E-state index contributed by atoms with van der Waals surface area (Å²) in [6.07, 6.45) is 0. The number of ether oxygens (including phenoxy) is 1. The van der Waals surface area contributed by atoms with Crippen molar-refractivity contribution < 1.29 is 9.53 Å². The van der Waals surface area contributed by atoms with Gasteiger partial charge in [0.05, 0.1) is 13.2 Å². The minimum atomic E-state index is -0.0951. The molecule has 0 spiro atoms. The van der Waals surface area contributed by atoms with Crippen molar-refractivity contribution >= 4 is 11.6 Å². The monoisotopic (exact) mass is 280 g/mol. The van der Waals surface area contributed by atoms with Crippen LogP contribution >= 0.6 is 0 Å². The second-order valence-corrected chi connectivity index (χ2v) is 4.85. The summed E-state index contributed by atoms with van der Waals surface area (Å²) < 4.78 is 5.41. The quantitative estimate of drug-likeness (QED) is 0.369. The number of hydrogen-bond donors (Lipinski definition) is 3. The maximum Gasteiger partial charge on any atom is 0.251 e. The van der Waals surface area contributed by atoms with E-state index in [0.717, 1.165) is 17.8 Å². The highest BCUT2D eigenvalue weighted by Gasteiger charge is 2.08. The zero-order chi connectivity index (χ0) is 15.0. The zero-order valence-electron chi connectivity index (χ0n) is 12.4. The molecular weight excluding hydrogens is 256 g/mol. The third-order valence-corrected chi connectivity index (χ3v) is 2.85. The van der Waals surface area contributed by atoms with Gasteiger partial charge in [-0.1, -0.05) is 0 Å². The molecule has 0 fully saturated rings. The molecule has 0 aromatic heterocycles. The standard InChI is InChI=1S/C14H24N4O2/c1-11-10-12(17-15)4-5-13(11)14(19)16-6-8-20-9-7-18(2)3/h4-5,10,17H,6-9,15H2,1-3H3,(H,16,19). The third-order valence-electron chi connectivity index (χ3n) is 2.85. The highest BCUT2D eigenvalue weighted by atomic mass is 16.5. The number of anilines is 1. The summed E-state index contributed by atoms with van der Waals surface area (Å²) >= 11 is 0. The second-order valence-electron chi connectivity index (χ2n) is 4.85. The van der Waals surface area contributed by atoms with E-state index in [1.54, 1.807) is 12.1 Å². The number of benzene rings is 1. The van der Waals surface area contributed by atoms with Crippen molar-refractivity contribution in [3.63, 3.8) is 0 Å². The molecule has 1 aromatic rings. The lowest BCUT2D eigenvalue weighted by Gasteiger charge is -2.11. The Balaban J connectivity index is 2.32. The molecule has 112 valence electrons. The van der Waals surface area contributed by atoms with Crippen LogP contribution < -0.4 is 16.6 Å². The van der Waals surface area contributed by atoms with Crippen LogP contribution in [-0.2, 0) is 4.74 Å². The van der Waals surface area contributed by atoms with Crippen LogP contribution in [0.5, 0.6) is 0 Å². The number of hydrogen-bond acceptors (Lipinski definition) is 5. The number of amides is 1. The number of likely N-dealkylation sites (N-methyl/N-ethyl adjacent to an activating group) is 1. The number of carbonyl (C=O) groups excluding carboxylic acids is 1. The van der Waals surface area contributed by atoms with Gasteiger partial charge in [-0.3, -0.25) is 10.6 Å². The average Bonchev–Trinajstić information content (AvgIpc) is 2.41. The third kappa shape index (κ3) is 5.56. The lowest BCUT2D eigenvalue weighted by Crippen LogP contribution is -2.29. The molecule has 20 heavy (non-hydrogen) atoms. The minimum Gasteiger partial charge on any atom is -0.378 e. The Kier molecular flexibility index (Phi) is 7.00. The summed E-state index contributed by atoms with van der Waals surface area (Å²) in [6.45, 7) is 4.44. The summed E-state index contributed by atoms with van der Waals surface area (Å²) in [7, 11) is 3.99. The first-order valence-corrected chi connectivity index (χ1v) is 6.62. The molecule has 0 unspecified atom stereocenters. The summed E-state index contributed by atoms with van der Waals surface area (Å²) in [5.74, 6) is 5.23. The first-order valence-electron chi connectivity index (χ1n) is 6.62. The predicted octanol–water partition coefficient (Wildman–Crippen LogP) is 0.589. The molecule has 0 saturated carbocycles. The van der Waals surface area contributed by atoms with Crippen LogP contribution in [0.1, 0.15) is 15.9 Å². The fraction of sp³-hybridized carbons (Fsp3) is 0.500. The average molecular weight is 280 g/mol. The van der Waals surface area contributed by atoms with Crippen molar-refractivity contribution in [2.24, 2.45) is 5.84 Å². The molecule has 0 aliphatic rings. The van der Waals surface area contributed by atoms with E-state index in [-0.39, 0.29) is 5.91 Å². The van der Waals surface area contributed by atoms with Gasteiger partial charge in [-0.2, -0.15) is 0 Å². The minimum absolute atomic E-state index is 0.0951. The molecule has 0 aliphatic heterocycles. The maximum atomic E-state index is 12.0. The number of hydrazine groups is 1. The van der Waals surface area contributed by atoms with Gasteiger partial charge in [-0.05, 0) is 44.8 Å². The number of rotatable bonds is 8. The van der Waals surface area contributed by atoms with Gasteiger partial charge in [0, 0.05) is 24.3 Å². The fourth-order valence-electron chi connectivity index (χ4n) is 1.69. The lowest BCUT2D eigenvalue weighted by molar-refractivity contribution is 0.0899. The van der Waals surface area contributed by atoms with Crippen molar-refractivity contribution in [3.8, 4) is 0 Å². The van der Waals surface area contributed by atoms with E-state index in [1.165, 1.54) is 0 Å². The van der Waals surface area contributed by atoms with Gasteiger partial charge < -0.3 is 20.4 Å². The number of aryl methyl sites for hydroxylation is 1. The van der Waals surface area contributed by atoms with E-state index in [9.17, 15) is 4.79 Å². The SMILES string of the molecule is Cc1cc(NN)ccc1C(=O)NCCOCCN(C)C. The normalized spacial score (nSPS) is 10.7. The molecule has 0 aliphatic carbocycles. The van der Waals surface area contributed by atoms with E-state index < -0.39 is 0 Å². The van der Waals surface area contributed by atoms with E-state index in [4.69, 9.17) is 10.6 Å². The molecule has 4 N–H and O–H groups in total. The van der Waals surface area contributed by atoms with Crippen LogP contribution in [0.15, 0.2) is 18.2 Å². The zero-order valence-corrected chi connectivity index (χ0v) is 12.4. The Bertz CT molecular complexity index is 435. The summed E-state index contributed by atoms with van der Waals surface area (Å²) in [5, 5.41) is 2.84. The van der Waals surface area contributed by atoms with Crippen LogP contribution in [0.4, 0.5) is 5.69 Å². The fourth-order valence-corrected chi connectivity index (χ4v) is 1.69. The van der Waals surface area contributed by atoms with Gasteiger partial charge in [-0.15, -0.1) is 0 Å². The van der Waals surface area contributed by atoms with Crippen molar-refractivity contribution in [3.05, 3.63) is 29.3 Å². The molecule has 1 rings (SSSR count). The number of nitrogens with one attached hydrogen (secondary N) is 2. The van der Waals surface area contributed by atoms with Gasteiger partial charge in [0.15, 0.2) is 0 Å². The smallest absolute Gasteiger partial charge is 0.251 e. The van der Waals surface area contributed by atoms with Crippen molar-refractivity contribution in [1.29, 1.82) is 0 Å². The molecule has 6 nitrogen and oxygen atoms in total. The van der Waals surface area contributed by atoms with E-state index >= 15 is 0 Å². The molecule has 6 heteroatoms. The summed E-state index contributed by atoms with van der Waals surface area (Å²) in [4.78, 5) is 14.0. The van der Waals surface area contributed by atoms with Crippen LogP contribution in [0.3, 0.4) is 0 Å². The predicted molar refractivity (Wildman–Crippen MR) is 80.7 cm³/mol. The highest BCUT2D eigenvalue weighted by molar-refractivity contribution is 5.96. The molecule has 0 radical (unpaired) electrons. The number of nitrogens with two attached hydrogens (primary N) is 1. The Morgan fingerprint density at radius 2 is 2.10 bits per heavy atom. The summed E-state index contributed by atoms with van der Waals surface area (Å²) in [5.41, 5.74) is 4.87. The van der Waals surface area contributed by atoms with Crippen LogP contribution in [0.2, 0.25) is 0 Å². The molecule has 0 atom stereocenters. The Hall–Kier alpha value is -1.63. The van der Waals surface area contributed by atoms with Crippen LogP contribution in [0.25, 0.3) is 0 Å². The number of nitrogen functional groups attached to an aromatic ring is 1. The molecule has 0 bridgehead atoms. The largest absolute Gasteiger partial charge is 0.378 e. The van der Waals surface area contributed by atoms with Gasteiger partial charge in [0.2, 0.25) is 0 Å². The summed E-state index contributed by atoms with van der Waals surface area (Å²) in [6, 6.07) is 5.37. The molecule has 0 saturated heterocycles. The van der Waals surface area contributed by atoms with Crippen LogP contribution in [0, 0.1) is 6.92 Å². The first-order chi connectivity index (χ1) is 9.54. The molecule has 0 heterocycles. The first kappa shape index (κ1) is 16.4. The Morgan fingerprint density at radius 1 is 1.35 bits per heavy atom. The number of carbonyl (C=O) groups is 1. The second kappa shape index (κ2) is 8.52. The molecule has 1 aromatic carbocycles.